The zero-order valence-corrected chi connectivity index (χ0v) is 16.3. The van der Waals surface area contributed by atoms with E-state index in [1.807, 2.05) is 32.9 Å². The third kappa shape index (κ3) is 3.76. The summed E-state index contributed by atoms with van der Waals surface area (Å²) in [6.07, 6.45) is 0. The van der Waals surface area contributed by atoms with Gasteiger partial charge in [-0.05, 0) is 55.2 Å². The van der Waals surface area contributed by atoms with E-state index in [9.17, 15) is 18.8 Å². The molecule has 0 N–H and O–H groups in total. The first-order valence-corrected chi connectivity index (χ1v) is 8.90. The number of amides is 4. The molecule has 8 heteroatoms. The molecule has 1 saturated heterocycles. The second-order valence-electron chi connectivity index (χ2n) is 6.66. The van der Waals surface area contributed by atoms with Gasteiger partial charge in [0.2, 0.25) is 0 Å². The van der Waals surface area contributed by atoms with Gasteiger partial charge in [-0.1, -0.05) is 35.4 Å². The van der Waals surface area contributed by atoms with E-state index >= 15 is 0 Å². The van der Waals surface area contributed by atoms with Crippen molar-refractivity contribution in [1.29, 1.82) is 0 Å². The average molecular weight is 405 g/mol. The molecule has 0 spiro atoms. The van der Waals surface area contributed by atoms with Crippen LogP contribution in [0.5, 0.6) is 0 Å². The van der Waals surface area contributed by atoms with Gasteiger partial charge in [-0.15, -0.1) is 5.06 Å². The molecule has 0 aliphatic carbocycles. The maximum absolute atomic E-state index is 13.1. The first kappa shape index (κ1) is 20.0. The van der Waals surface area contributed by atoms with E-state index in [4.69, 9.17) is 16.4 Å². The van der Waals surface area contributed by atoms with Crippen LogP contribution >= 0.6 is 11.6 Å². The summed E-state index contributed by atoms with van der Waals surface area (Å²) >= 11 is 5.91. The van der Waals surface area contributed by atoms with Crippen LogP contribution in [-0.4, -0.2) is 27.8 Å². The normalized spacial score (nSPS) is 14.4. The topological polar surface area (TPSA) is 66.9 Å². The van der Waals surface area contributed by atoms with E-state index < -0.39 is 23.7 Å². The van der Waals surface area contributed by atoms with Gasteiger partial charge in [0.05, 0.1) is 6.54 Å². The van der Waals surface area contributed by atoms with Crippen LogP contribution in [-0.2, 0) is 27.6 Å². The fraction of sp³-hybridized carbons (Fsp3) is 0.250. The molecular weight excluding hydrogens is 387 g/mol. The van der Waals surface area contributed by atoms with Crippen molar-refractivity contribution >= 4 is 29.4 Å². The monoisotopic (exact) mass is 404 g/mol. The Kier molecular flexibility index (Phi) is 5.49. The van der Waals surface area contributed by atoms with Crippen LogP contribution < -0.4 is 0 Å². The molecule has 0 atom stereocenters. The molecule has 1 heterocycles. The molecule has 0 saturated carbocycles. The Hall–Kier alpha value is -2.77. The van der Waals surface area contributed by atoms with Crippen LogP contribution in [0.2, 0.25) is 5.02 Å². The van der Waals surface area contributed by atoms with Crippen LogP contribution in [0.25, 0.3) is 0 Å². The Balaban J connectivity index is 1.77. The van der Waals surface area contributed by atoms with Crippen molar-refractivity contribution < 1.29 is 23.6 Å². The number of rotatable bonds is 5. The Morgan fingerprint density at radius 2 is 1.64 bits per heavy atom. The fourth-order valence-electron chi connectivity index (χ4n) is 3.13. The van der Waals surface area contributed by atoms with Crippen LogP contribution in [0.3, 0.4) is 0 Å². The number of imide groups is 2. The average Bonchev–Trinajstić information content (AvgIpc) is 2.80. The molecule has 1 aliphatic rings. The Bertz CT molecular complexity index is 969. The number of nitrogens with zero attached hydrogens (tertiary/aromatic N) is 2. The highest BCUT2D eigenvalue weighted by Gasteiger charge is 2.46. The molecule has 3 rings (SSSR count). The van der Waals surface area contributed by atoms with Crippen molar-refractivity contribution in [3.8, 4) is 0 Å². The van der Waals surface area contributed by atoms with Crippen molar-refractivity contribution in [2.24, 2.45) is 0 Å². The van der Waals surface area contributed by atoms with Crippen molar-refractivity contribution in [1.82, 2.24) is 9.96 Å². The first-order valence-electron chi connectivity index (χ1n) is 8.52. The van der Waals surface area contributed by atoms with Crippen molar-refractivity contribution in [2.45, 2.75) is 33.9 Å². The van der Waals surface area contributed by atoms with Gasteiger partial charge < -0.3 is 0 Å². The number of hydrogen-bond acceptors (Lipinski definition) is 4. The number of urea groups is 1. The largest absolute Gasteiger partial charge is 0.359 e. The summed E-state index contributed by atoms with van der Waals surface area (Å²) in [6.45, 7) is 5.43. The van der Waals surface area contributed by atoms with E-state index in [2.05, 4.69) is 0 Å². The highest BCUT2D eigenvalue weighted by molar-refractivity contribution is 6.44. The van der Waals surface area contributed by atoms with E-state index in [-0.39, 0.29) is 18.2 Å². The molecular formula is C20H18ClFN2O4. The molecule has 1 aliphatic heterocycles. The lowest BCUT2D eigenvalue weighted by molar-refractivity contribution is -0.169. The summed E-state index contributed by atoms with van der Waals surface area (Å²) in [6, 6.07) is 6.67. The maximum Gasteiger partial charge on any atom is 0.359 e. The first-order chi connectivity index (χ1) is 13.2. The Morgan fingerprint density at radius 3 is 2.25 bits per heavy atom. The van der Waals surface area contributed by atoms with Gasteiger partial charge in [-0.25, -0.2) is 14.1 Å². The van der Waals surface area contributed by atoms with Gasteiger partial charge in [-0.2, -0.15) is 0 Å². The van der Waals surface area contributed by atoms with Gasteiger partial charge in [0.15, 0.2) is 0 Å². The third-order valence-electron chi connectivity index (χ3n) is 4.54. The minimum Gasteiger partial charge on any atom is -0.263 e. The number of hydrogen-bond donors (Lipinski definition) is 0. The number of aryl methyl sites for hydroxylation is 3. The summed E-state index contributed by atoms with van der Waals surface area (Å²) in [7, 11) is 0. The molecule has 0 unspecified atom stereocenters. The van der Waals surface area contributed by atoms with Crippen molar-refractivity contribution in [2.75, 3.05) is 0 Å². The number of halogens is 2. The Morgan fingerprint density at radius 1 is 1.00 bits per heavy atom. The molecule has 1 fully saturated rings. The van der Waals surface area contributed by atoms with Gasteiger partial charge >= 0.3 is 17.8 Å². The van der Waals surface area contributed by atoms with Crippen LogP contribution in [0.1, 0.15) is 27.8 Å². The molecule has 0 bridgehead atoms. The van der Waals surface area contributed by atoms with E-state index in [0.717, 1.165) is 33.2 Å². The minimum absolute atomic E-state index is 0.0292. The van der Waals surface area contributed by atoms with Crippen molar-refractivity contribution in [3.05, 3.63) is 69.0 Å². The summed E-state index contributed by atoms with van der Waals surface area (Å²) in [5.41, 5.74) is 4.07. The summed E-state index contributed by atoms with van der Waals surface area (Å²) in [4.78, 5) is 43.1. The smallest absolute Gasteiger partial charge is 0.263 e. The Labute approximate surface area is 166 Å². The van der Waals surface area contributed by atoms with Gasteiger partial charge in [0.1, 0.15) is 12.4 Å². The molecule has 0 radical (unpaired) electrons. The maximum atomic E-state index is 13.1. The SMILES string of the molecule is Cc1cc(C)c(CN2C(=O)C(=O)N(OCc3ccc(F)cc3Cl)C2=O)c(C)c1. The molecule has 2 aromatic rings. The fourth-order valence-corrected chi connectivity index (χ4v) is 3.35. The minimum atomic E-state index is -1.08. The lowest BCUT2D eigenvalue weighted by Gasteiger charge is -2.18. The highest BCUT2D eigenvalue weighted by atomic mass is 35.5. The zero-order chi connectivity index (χ0) is 20.6. The van der Waals surface area contributed by atoms with E-state index in [1.165, 1.54) is 12.1 Å². The lowest BCUT2D eigenvalue weighted by atomic mass is 9.99. The standard InChI is InChI=1S/C20H18ClFN2O4/c1-11-6-12(2)16(13(3)7-11)9-23-18(25)19(26)24(20(23)27)28-10-14-4-5-15(22)8-17(14)21/h4-8H,9-10H2,1-3H3. The number of hydroxylamine groups is 2. The molecule has 28 heavy (non-hydrogen) atoms. The third-order valence-corrected chi connectivity index (χ3v) is 4.89. The predicted molar refractivity (Wildman–Crippen MR) is 99.6 cm³/mol. The lowest BCUT2D eigenvalue weighted by Crippen LogP contribution is -2.33. The van der Waals surface area contributed by atoms with Crippen LogP contribution in [0.15, 0.2) is 30.3 Å². The van der Waals surface area contributed by atoms with E-state index in [1.54, 1.807) is 0 Å². The van der Waals surface area contributed by atoms with Crippen molar-refractivity contribution in [3.63, 3.8) is 0 Å². The molecule has 146 valence electrons. The summed E-state index contributed by atoms with van der Waals surface area (Å²) in [5.74, 6) is -2.56. The molecule has 4 amide bonds. The highest BCUT2D eigenvalue weighted by Crippen LogP contribution is 2.24. The van der Waals surface area contributed by atoms with Gasteiger partial charge in [0.25, 0.3) is 0 Å². The number of benzene rings is 2. The summed E-state index contributed by atoms with van der Waals surface area (Å²) in [5, 5.41) is 0.508. The zero-order valence-electron chi connectivity index (χ0n) is 15.6. The van der Waals surface area contributed by atoms with Gasteiger partial charge in [0, 0.05) is 5.02 Å². The molecule has 0 aromatic heterocycles. The van der Waals surface area contributed by atoms with Gasteiger partial charge in [-0.3, -0.25) is 14.4 Å². The number of carbonyl (C=O) groups is 3. The summed E-state index contributed by atoms with van der Waals surface area (Å²) < 4.78 is 13.1. The molecule has 2 aromatic carbocycles. The van der Waals surface area contributed by atoms with Crippen LogP contribution in [0, 0.1) is 26.6 Å². The van der Waals surface area contributed by atoms with E-state index in [0.29, 0.717) is 10.6 Å². The second-order valence-corrected chi connectivity index (χ2v) is 7.07. The second kappa shape index (κ2) is 7.69. The van der Waals surface area contributed by atoms with Crippen LogP contribution in [0.4, 0.5) is 9.18 Å². The predicted octanol–water partition coefficient (Wildman–Crippen LogP) is 3.83. The number of carbonyl (C=O) groups excluding carboxylic acids is 3. The quantitative estimate of drug-likeness (QED) is 0.561. The molecule has 6 nitrogen and oxygen atoms in total.